The molecule has 2 heterocycles. The van der Waals surface area contributed by atoms with E-state index < -0.39 is 0 Å². The van der Waals surface area contributed by atoms with Crippen molar-refractivity contribution in [2.24, 2.45) is 0 Å². The Morgan fingerprint density at radius 2 is 2.14 bits per heavy atom. The zero-order valence-electron chi connectivity index (χ0n) is 11.8. The standard InChI is InChI=1S/C11H15N3/c1-8-9(11(2,3)4)10-12-6-5-7-14(10)13-8/h5-7H,1-4H3/i5D,6D,7D. The summed E-state index contributed by atoms with van der Waals surface area (Å²) in [6.07, 6.45) is -0.258. The third-order valence-corrected chi connectivity index (χ3v) is 2.17. The SMILES string of the molecule is [2H]c1nc2c(C(C)(C)C)c(C)nn2c([2H])c1[2H]. The van der Waals surface area contributed by atoms with Crippen LogP contribution < -0.4 is 0 Å². The summed E-state index contributed by atoms with van der Waals surface area (Å²) in [6, 6.07) is -0.194. The van der Waals surface area contributed by atoms with E-state index in [2.05, 4.69) is 10.1 Å². The van der Waals surface area contributed by atoms with Crippen LogP contribution in [0.5, 0.6) is 0 Å². The van der Waals surface area contributed by atoms with Gasteiger partial charge in [0.15, 0.2) is 5.65 Å². The number of nitrogens with zero attached hydrogens (tertiary/aromatic N) is 3. The molecule has 3 heteroatoms. The minimum Gasteiger partial charge on any atom is -0.237 e. The molecule has 0 aliphatic carbocycles. The average Bonchev–Trinajstić information content (AvgIpc) is 2.51. The van der Waals surface area contributed by atoms with Crippen molar-refractivity contribution >= 4 is 5.65 Å². The van der Waals surface area contributed by atoms with Gasteiger partial charge in [0.1, 0.15) is 0 Å². The Labute approximate surface area is 88.0 Å². The second kappa shape index (κ2) is 2.80. The van der Waals surface area contributed by atoms with E-state index in [1.807, 2.05) is 27.7 Å². The molecule has 0 saturated heterocycles. The van der Waals surface area contributed by atoms with Gasteiger partial charge in [0.05, 0.1) is 9.81 Å². The van der Waals surface area contributed by atoms with Gasteiger partial charge in [0, 0.05) is 17.9 Å². The first-order valence-corrected chi connectivity index (χ1v) is 4.57. The largest absolute Gasteiger partial charge is 0.237 e. The van der Waals surface area contributed by atoms with Crippen LogP contribution in [0.25, 0.3) is 5.65 Å². The second-order valence-electron chi connectivity index (χ2n) is 4.41. The van der Waals surface area contributed by atoms with Crippen molar-refractivity contribution in [1.29, 1.82) is 0 Å². The summed E-state index contributed by atoms with van der Waals surface area (Å²) < 4.78 is 24.3. The highest BCUT2D eigenvalue weighted by Crippen LogP contribution is 2.27. The summed E-state index contributed by atoms with van der Waals surface area (Å²) in [7, 11) is 0. The fourth-order valence-corrected chi connectivity index (χ4v) is 1.73. The minimum atomic E-state index is -0.194. The van der Waals surface area contributed by atoms with E-state index in [-0.39, 0.29) is 23.8 Å². The first-order chi connectivity index (χ1) is 7.73. The Kier molecular flexibility index (Phi) is 1.24. The molecule has 0 aliphatic rings. The molecular weight excluding hydrogens is 174 g/mol. The maximum atomic E-state index is 7.80. The number of rotatable bonds is 0. The highest BCUT2D eigenvalue weighted by Gasteiger charge is 2.22. The molecule has 0 fully saturated rings. The molecule has 0 saturated carbocycles. The fraction of sp³-hybridized carbons (Fsp3) is 0.455. The van der Waals surface area contributed by atoms with E-state index >= 15 is 0 Å². The van der Waals surface area contributed by atoms with Gasteiger partial charge in [-0.05, 0) is 18.4 Å². The lowest BCUT2D eigenvalue weighted by Crippen LogP contribution is -2.12. The monoisotopic (exact) mass is 192 g/mol. The summed E-state index contributed by atoms with van der Waals surface area (Å²) in [6.45, 7) is 7.99. The Morgan fingerprint density at radius 1 is 1.43 bits per heavy atom. The zero-order chi connectivity index (χ0) is 13.0. The van der Waals surface area contributed by atoms with Crippen molar-refractivity contribution in [3.05, 3.63) is 29.6 Å². The van der Waals surface area contributed by atoms with Crippen LogP contribution in [0.3, 0.4) is 0 Å². The summed E-state index contributed by atoms with van der Waals surface area (Å²) >= 11 is 0. The smallest absolute Gasteiger partial charge is 0.158 e. The maximum Gasteiger partial charge on any atom is 0.158 e. The summed E-state index contributed by atoms with van der Waals surface area (Å²) in [5.74, 6) is 0. The molecule has 14 heavy (non-hydrogen) atoms. The predicted molar refractivity (Wildman–Crippen MR) is 56.4 cm³/mol. The van der Waals surface area contributed by atoms with E-state index in [0.717, 1.165) is 11.3 Å². The zero-order valence-corrected chi connectivity index (χ0v) is 8.84. The van der Waals surface area contributed by atoms with Crippen LogP contribution in [0.4, 0.5) is 0 Å². The molecule has 0 radical (unpaired) electrons. The molecule has 3 nitrogen and oxygen atoms in total. The molecule has 0 N–H and O–H groups in total. The maximum absolute atomic E-state index is 7.80. The Morgan fingerprint density at radius 3 is 2.79 bits per heavy atom. The first kappa shape index (κ1) is 6.17. The van der Waals surface area contributed by atoms with Gasteiger partial charge in [-0.15, -0.1) is 0 Å². The molecule has 0 aromatic carbocycles. The van der Waals surface area contributed by atoms with Gasteiger partial charge in [-0.3, -0.25) is 0 Å². The third kappa shape index (κ3) is 1.29. The summed E-state index contributed by atoms with van der Waals surface area (Å²) in [5.41, 5.74) is 2.09. The average molecular weight is 192 g/mol. The quantitative estimate of drug-likeness (QED) is 0.641. The topological polar surface area (TPSA) is 30.2 Å². The lowest BCUT2D eigenvalue weighted by atomic mass is 9.87. The molecule has 2 rings (SSSR count). The fourth-order valence-electron chi connectivity index (χ4n) is 1.73. The molecule has 0 bridgehead atoms. The van der Waals surface area contributed by atoms with E-state index in [1.165, 1.54) is 4.52 Å². The number of hydrogen-bond acceptors (Lipinski definition) is 2. The van der Waals surface area contributed by atoms with Crippen LogP contribution in [0.2, 0.25) is 0 Å². The van der Waals surface area contributed by atoms with Crippen molar-refractivity contribution in [2.45, 2.75) is 33.1 Å². The minimum absolute atomic E-state index is 0.0846. The molecule has 74 valence electrons. The summed E-state index contributed by atoms with van der Waals surface area (Å²) in [4.78, 5) is 4.08. The van der Waals surface area contributed by atoms with E-state index in [4.69, 9.17) is 4.11 Å². The first-order valence-electron chi connectivity index (χ1n) is 6.07. The normalized spacial score (nSPS) is 15.3. The molecule has 2 aromatic heterocycles. The van der Waals surface area contributed by atoms with Crippen LogP contribution in [-0.4, -0.2) is 14.6 Å². The lowest BCUT2D eigenvalue weighted by molar-refractivity contribution is 0.590. The Bertz CT molecular complexity index is 596. The highest BCUT2D eigenvalue weighted by atomic mass is 15.2. The molecule has 2 aromatic rings. The van der Waals surface area contributed by atoms with Crippen LogP contribution in [-0.2, 0) is 5.41 Å². The van der Waals surface area contributed by atoms with Crippen LogP contribution in [0, 0.1) is 6.92 Å². The molecule has 0 amide bonds. The van der Waals surface area contributed by atoms with Gasteiger partial charge in [-0.1, -0.05) is 20.8 Å². The van der Waals surface area contributed by atoms with Crippen LogP contribution in [0.15, 0.2) is 18.4 Å². The van der Waals surface area contributed by atoms with Gasteiger partial charge >= 0.3 is 0 Å². The number of aryl methyl sites for hydroxylation is 1. The van der Waals surface area contributed by atoms with Crippen LogP contribution >= 0.6 is 0 Å². The van der Waals surface area contributed by atoms with Crippen molar-refractivity contribution < 1.29 is 4.11 Å². The van der Waals surface area contributed by atoms with Crippen molar-refractivity contribution in [2.75, 3.05) is 0 Å². The number of aromatic nitrogens is 3. The molecular formula is C11H15N3. The predicted octanol–water partition coefficient (Wildman–Crippen LogP) is 2.34. The number of fused-ring (bicyclic) bond motifs is 1. The van der Waals surface area contributed by atoms with Crippen molar-refractivity contribution in [3.8, 4) is 0 Å². The molecule has 0 aliphatic heterocycles. The van der Waals surface area contributed by atoms with Crippen molar-refractivity contribution in [3.63, 3.8) is 0 Å². The van der Waals surface area contributed by atoms with E-state index in [9.17, 15) is 0 Å². The second-order valence-corrected chi connectivity index (χ2v) is 4.41. The van der Waals surface area contributed by atoms with Gasteiger partial charge in [-0.25, -0.2) is 9.50 Å². The van der Waals surface area contributed by atoms with E-state index in [1.54, 1.807) is 0 Å². The van der Waals surface area contributed by atoms with E-state index in [0.29, 0.717) is 5.65 Å². The summed E-state index contributed by atoms with van der Waals surface area (Å²) in [5, 5.41) is 4.24. The molecule has 0 atom stereocenters. The highest BCUT2D eigenvalue weighted by molar-refractivity contribution is 5.53. The van der Waals surface area contributed by atoms with Crippen molar-refractivity contribution in [1.82, 2.24) is 14.6 Å². The van der Waals surface area contributed by atoms with Gasteiger partial charge in [-0.2, -0.15) is 5.10 Å². The molecule has 0 spiro atoms. The Balaban J connectivity index is 2.93. The van der Waals surface area contributed by atoms with Gasteiger partial charge in [0.2, 0.25) is 0 Å². The van der Waals surface area contributed by atoms with Gasteiger partial charge < -0.3 is 0 Å². The lowest BCUT2D eigenvalue weighted by Gasteiger charge is -2.17. The number of hydrogen-bond donors (Lipinski definition) is 0. The van der Waals surface area contributed by atoms with Gasteiger partial charge in [0.25, 0.3) is 0 Å². The Hall–Kier alpha value is -1.38. The third-order valence-electron chi connectivity index (χ3n) is 2.17. The van der Waals surface area contributed by atoms with Crippen LogP contribution in [0.1, 0.15) is 36.1 Å². The molecule has 0 unspecified atom stereocenters.